The van der Waals surface area contributed by atoms with E-state index in [2.05, 4.69) is 9.97 Å². The number of anilines is 1. The first-order valence-electron chi connectivity index (χ1n) is 5.52. The van der Waals surface area contributed by atoms with E-state index in [1.165, 1.54) is 12.1 Å². The summed E-state index contributed by atoms with van der Waals surface area (Å²) in [4.78, 5) is 8.51. The summed E-state index contributed by atoms with van der Waals surface area (Å²) in [7, 11) is 0. The third-order valence-corrected chi connectivity index (χ3v) is 2.84. The number of nitrogens with zero attached hydrogens (tertiary/aromatic N) is 3. The fourth-order valence-corrected chi connectivity index (χ4v) is 2.04. The molecule has 0 bridgehead atoms. The number of nitrogen functional groups attached to an aromatic ring is 1. The molecule has 90 valence electrons. The molecule has 0 spiro atoms. The number of fused-ring (bicyclic) bond motifs is 1. The molecule has 0 saturated heterocycles. The summed E-state index contributed by atoms with van der Waals surface area (Å²) < 4.78 is 14.9. The molecular weight excluding hydrogens is 231 g/mol. The minimum absolute atomic E-state index is 0.271. The van der Waals surface area contributed by atoms with E-state index >= 15 is 0 Å². The lowest BCUT2D eigenvalue weighted by molar-refractivity contribution is 0.626. The maximum absolute atomic E-state index is 13.1. The van der Waals surface area contributed by atoms with Gasteiger partial charge in [-0.15, -0.1) is 0 Å². The molecule has 0 aliphatic heterocycles. The van der Waals surface area contributed by atoms with Crippen LogP contribution in [0.2, 0.25) is 0 Å². The quantitative estimate of drug-likeness (QED) is 0.713. The summed E-state index contributed by atoms with van der Waals surface area (Å²) in [6.07, 6.45) is 1.68. The van der Waals surface area contributed by atoms with Gasteiger partial charge >= 0.3 is 0 Å². The highest BCUT2D eigenvalue weighted by Crippen LogP contribution is 2.23. The Morgan fingerprint density at radius 2 is 2.11 bits per heavy atom. The summed E-state index contributed by atoms with van der Waals surface area (Å²) in [5.41, 5.74) is 8.87. The maximum Gasteiger partial charge on any atom is 0.207 e. The minimum atomic E-state index is -0.271. The lowest BCUT2D eigenvalue weighted by Gasteiger charge is -2.09. The molecule has 0 aliphatic carbocycles. The summed E-state index contributed by atoms with van der Waals surface area (Å²) >= 11 is 0. The number of hydrogen-bond acceptors (Lipinski definition) is 3. The van der Waals surface area contributed by atoms with Crippen LogP contribution in [0.3, 0.4) is 0 Å². The fraction of sp³-hybridized carbons (Fsp3) is 0.0769. The van der Waals surface area contributed by atoms with Gasteiger partial charge in [-0.05, 0) is 42.8 Å². The van der Waals surface area contributed by atoms with Crippen LogP contribution in [0.4, 0.5) is 10.3 Å². The van der Waals surface area contributed by atoms with Crippen LogP contribution in [0.15, 0.2) is 36.5 Å². The zero-order chi connectivity index (χ0) is 12.7. The van der Waals surface area contributed by atoms with Gasteiger partial charge in [0, 0.05) is 6.20 Å². The Labute approximate surface area is 103 Å². The van der Waals surface area contributed by atoms with Gasteiger partial charge in [-0.2, -0.15) is 0 Å². The SMILES string of the molecule is Cc1cc(F)ccc1-n1c(N)nc2cccnc21. The molecule has 2 heterocycles. The van der Waals surface area contributed by atoms with Gasteiger partial charge in [0.1, 0.15) is 11.3 Å². The number of rotatable bonds is 1. The molecule has 0 fully saturated rings. The molecule has 5 heteroatoms. The van der Waals surface area contributed by atoms with E-state index in [9.17, 15) is 4.39 Å². The van der Waals surface area contributed by atoms with Crippen LogP contribution in [0.25, 0.3) is 16.9 Å². The first kappa shape index (κ1) is 10.7. The minimum Gasteiger partial charge on any atom is -0.369 e. The van der Waals surface area contributed by atoms with Crippen molar-refractivity contribution in [1.82, 2.24) is 14.5 Å². The lowest BCUT2D eigenvalue weighted by atomic mass is 10.2. The van der Waals surface area contributed by atoms with Crippen molar-refractivity contribution in [3.05, 3.63) is 47.9 Å². The fourth-order valence-electron chi connectivity index (χ4n) is 2.04. The molecule has 0 amide bonds. The third-order valence-electron chi connectivity index (χ3n) is 2.84. The van der Waals surface area contributed by atoms with Crippen LogP contribution in [-0.2, 0) is 0 Å². The molecule has 0 aliphatic rings. The molecule has 2 aromatic heterocycles. The number of aryl methyl sites for hydroxylation is 1. The molecule has 0 saturated carbocycles. The van der Waals surface area contributed by atoms with E-state index in [0.717, 1.165) is 16.8 Å². The van der Waals surface area contributed by atoms with Gasteiger partial charge in [-0.1, -0.05) is 0 Å². The van der Waals surface area contributed by atoms with Crippen LogP contribution >= 0.6 is 0 Å². The second-order valence-electron chi connectivity index (χ2n) is 4.08. The zero-order valence-corrected chi connectivity index (χ0v) is 9.76. The Morgan fingerprint density at radius 1 is 1.28 bits per heavy atom. The van der Waals surface area contributed by atoms with E-state index in [0.29, 0.717) is 11.6 Å². The Kier molecular flexibility index (Phi) is 2.26. The number of nitrogens with two attached hydrogens (primary N) is 1. The smallest absolute Gasteiger partial charge is 0.207 e. The van der Waals surface area contributed by atoms with Crippen LogP contribution in [0, 0.1) is 12.7 Å². The topological polar surface area (TPSA) is 56.7 Å². The standard InChI is InChI=1S/C13H11FN4/c1-8-7-9(14)4-5-11(8)18-12-10(17-13(18)15)3-2-6-16-12/h2-7H,1H3,(H2,15,17). The van der Waals surface area contributed by atoms with Crippen LogP contribution in [0.1, 0.15) is 5.56 Å². The van der Waals surface area contributed by atoms with Crippen molar-refractivity contribution in [1.29, 1.82) is 0 Å². The average molecular weight is 242 g/mol. The van der Waals surface area contributed by atoms with Crippen LogP contribution in [-0.4, -0.2) is 14.5 Å². The summed E-state index contributed by atoms with van der Waals surface area (Å²) in [6.45, 7) is 1.83. The molecule has 2 N–H and O–H groups in total. The summed E-state index contributed by atoms with van der Waals surface area (Å²) in [6, 6.07) is 8.18. The second kappa shape index (κ2) is 3.80. The highest BCUT2D eigenvalue weighted by atomic mass is 19.1. The first-order chi connectivity index (χ1) is 8.66. The molecular formula is C13H11FN4. The van der Waals surface area contributed by atoms with E-state index in [1.54, 1.807) is 22.9 Å². The van der Waals surface area contributed by atoms with E-state index in [4.69, 9.17) is 5.73 Å². The largest absolute Gasteiger partial charge is 0.369 e. The number of aromatic nitrogens is 3. The van der Waals surface area contributed by atoms with Gasteiger partial charge in [0.05, 0.1) is 5.69 Å². The van der Waals surface area contributed by atoms with Crippen molar-refractivity contribution in [3.8, 4) is 5.69 Å². The second-order valence-corrected chi connectivity index (χ2v) is 4.08. The van der Waals surface area contributed by atoms with Gasteiger partial charge in [-0.25, -0.2) is 14.4 Å². The molecule has 18 heavy (non-hydrogen) atoms. The van der Waals surface area contributed by atoms with Crippen LogP contribution < -0.4 is 5.73 Å². The van der Waals surface area contributed by atoms with E-state index < -0.39 is 0 Å². The molecule has 0 atom stereocenters. The zero-order valence-electron chi connectivity index (χ0n) is 9.76. The predicted molar refractivity (Wildman–Crippen MR) is 68.0 cm³/mol. The van der Waals surface area contributed by atoms with Gasteiger partial charge < -0.3 is 5.73 Å². The number of hydrogen-bond donors (Lipinski definition) is 1. The summed E-state index contributed by atoms with van der Waals surface area (Å²) in [5, 5.41) is 0. The average Bonchev–Trinajstić information content (AvgIpc) is 2.66. The van der Waals surface area contributed by atoms with Crippen molar-refractivity contribution < 1.29 is 4.39 Å². The number of halogens is 1. The van der Waals surface area contributed by atoms with Gasteiger partial charge in [0.2, 0.25) is 5.95 Å². The van der Waals surface area contributed by atoms with Crippen molar-refractivity contribution in [3.63, 3.8) is 0 Å². The first-order valence-corrected chi connectivity index (χ1v) is 5.52. The molecule has 1 aromatic carbocycles. The monoisotopic (exact) mass is 242 g/mol. The normalized spacial score (nSPS) is 11.0. The van der Waals surface area contributed by atoms with Gasteiger partial charge in [0.15, 0.2) is 5.65 Å². The summed E-state index contributed by atoms with van der Waals surface area (Å²) in [5.74, 6) is 0.0746. The van der Waals surface area contributed by atoms with E-state index in [-0.39, 0.29) is 5.82 Å². The third kappa shape index (κ3) is 1.52. The van der Waals surface area contributed by atoms with Crippen molar-refractivity contribution in [2.75, 3.05) is 5.73 Å². The molecule has 3 aromatic rings. The van der Waals surface area contributed by atoms with Crippen molar-refractivity contribution in [2.45, 2.75) is 6.92 Å². The Morgan fingerprint density at radius 3 is 2.89 bits per heavy atom. The molecule has 0 radical (unpaired) electrons. The Hall–Kier alpha value is -2.43. The number of imidazole rings is 1. The van der Waals surface area contributed by atoms with Gasteiger partial charge in [-0.3, -0.25) is 4.57 Å². The highest BCUT2D eigenvalue weighted by Gasteiger charge is 2.12. The highest BCUT2D eigenvalue weighted by molar-refractivity contribution is 5.77. The molecule has 3 rings (SSSR count). The predicted octanol–water partition coefficient (Wildman–Crippen LogP) is 2.45. The van der Waals surface area contributed by atoms with Crippen molar-refractivity contribution in [2.24, 2.45) is 0 Å². The Balaban J connectivity index is 2.34. The maximum atomic E-state index is 13.1. The van der Waals surface area contributed by atoms with Crippen LogP contribution in [0.5, 0.6) is 0 Å². The molecule has 0 unspecified atom stereocenters. The number of benzene rings is 1. The van der Waals surface area contributed by atoms with Crippen molar-refractivity contribution >= 4 is 17.1 Å². The lowest BCUT2D eigenvalue weighted by Crippen LogP contribution is -2.03. The Bertz CT molecular complexity index is 733. The van der Waals surface area contributed by atoms with E-state index in [1.807, 2.05) is 13.0 Å². The number of pyridine rings is 1. The van der Waals surface area contributed by atoms with Gasteiger partial charge in [0.25, 0.3) is 0 Å². The molecule has 4 nitrogen and oxygen atoms in total.